The Morgan fingerprint density at radius 2 is 1.75 bits per heavy atom. The molecule has 0 aliphatic carbocycles. The van der Waals surface area contributed by atoms with Crippen molar-refractivity contribution in [3.8, 4) is 23.0 Å². The van der Waals surface area contributed by atoms with Gasteiger partial charge in [-0.05, 0) is 66.6 Å². The first-order chi connectivity index (χ1) is 23.4. The Labute approximate surface area is 283 Å². The van der Waals surface area contributed by atoms with E-state index in [1.54, 1.807) is 32.2 Å². The fourth-order valence-corrected chi connectivity index (χ4v) is 5.83. The molecule has 6 rings (SSSR count). The molecule has 1 aliphatic heterocycles. The van der Waals surface area contributed by atoms with Crippen LogP contribution in [0, 0.1) is 0 Å². The van der Waals surface area contributed by atoms with Crippen molar-refractivity contribution in [3.63, 3.8) is 0 Å². The number of halogens is 1. The van der Waals surface area contributed by atoms with Gasteiger partial charge in [0.2, 0.25) is 5.91 Å². The van der Waals surface area contributed by atoms with E-state index in [1.165, 1.54) is 11.9 Å². The van der Waals surface area contributed by atoms with Crippen molar-refractivity contribution in [1.29, 1.82) is 0 Å². The first kappa shape index (κ1) is 32.6. The Bertz CT molecular complexity index is 1960. The number of rotatable bonds is 13. The molecule has 1 amide bonds. The number of hydrogen-bond donors (Lipinski definition) is 1. The second-order valence-corrected chi connectivity index (χ2v) is 11.6. The zero-order chi connectivity index (χ0) is 33.6. The number of nitrogens with one attached hydrogen (secondary N) is 1. The molecule has 1 N–H and O–H groups in total. The van der Waals surface area contributed by atoms with E-state index in [0.29, 0.717) is 46.7 Å². The molecule has 5 aromatic rings. The number of benzene rings is 3. The molecule has 0 radical (unpaired) electrons. The lowest BCUT2D eigenvalue weighted by atomic mass is 9.97. The number of amides is 1. The average molecular weight is 670 g/mol. The minimum atomic E-state index is -0.284. The second-order valence-electron chi connectivity index (χ2n) is 11.2. The summed E-state index contributed by atoms with van der Waals surface area (Å²) in [5.74, 6) is 2.16. The molecule has 0 saturated heterocycles. The van der Waals surface area contributed by atoms with Crippen LogP contribution in [0.25, 0.3) is 10.9 Å². The number of ether oxygens (including phenoxy) is 4. The number of hydrogen-bond acceptors (Lipinski definition) is 10. The van der Waals surface area contributed by atoms with Crippen LogP contribution in [-0.2, 0) is 17.9 Å². The van der Waals surface area contributed by atoms with Crippen LogP contribution in [0.15, 0.2) is 78.2 Å². The molecule has 0 spiro atoms. The molecule has 0 bridgehead atoms. The molecule has 3 heterocycles. The highest BCUT2D eigenvalue weighted by molar-refractivity contribution is 6.31. The topological polar surface area (TPSA) is 125 Å². The van der Waals surface area contributed by atoms with E-state index < -0.39 is 0 Å². The van der Waals surface area contributed by atoms with Crippen molar-refractivity contribution in [2.24, 2.45) is 5.10 Å². The summed E-state index contributed by atoms with van der Waals surface area (Å²) in [5.41, 5.74) is 5.04. The zero-order valence-electron chi connectivity index (χ0n) is 27.1. The van der Waals surface area contributed by atoms with Gasteiger partial charge >= 0.3 is 0 Å². The molecule has 1 atom stereocenters. The second kappa shape index (κ2) is 14.6. The summed E-state index contributed by atoms with van der Waals surface area (Å²) in [5, 5.41) is 19.9. The van der Waals surface area contributed by atoms with Crippen LogP contribution in [0.4, 0.5) is 5.69 Å². The highest BCUT2D eigenvalue weighted by atomic mass is 35.5. The fourth-order valence-electron chi connectivity index (χ4n) is 5.67. The van der Waals surface area contributed by atoms with Crippen LogP contribution >= 0.6 is 11.6 Å². The Kier molecular flexibility index (Phi) is 9.91. The first-order valence-corrected chi connectivity index (χ1v) is 15.8. The van der Waals surface area contributed by atoms with E-state index in [4.69, 9.17) is 30.5 Å². The molecule has 248 valence electrons. The van der Waals surface area contributed by atoms with Crippen LogP contribution in [0.5, 0.6) is 23.0 Å². The van der Waals surface area contributed by atoms with E-state index in [-0.39, 0.29) is 18.6 Å². The van der Waals surface area contributed by atoms with Crippen LogP contribution in [0.3, 0.4) is 0 Å². The van der Waals surface area contributed by atoms with Crippen LogP contribution in [0.1, 0.15) is 42.6 Å². The number of carbonyl (C=O) groups excluding carboxylic acids is 1. The van der Waals surface area contributed by atoms with E-state index >= 15 is 0 Å². The molecule has 12 nitrogen and oxygen atoms in total. The van der Waals surface area contributed by atoms with Crippen molar-refractivity contribution < 1.29 is 23.7 Å². The Balaban J connectivity index is 1.05. The number of aryl methyl sites for hydroxylation is 1. The number of hydrazone groups is 1. The molecule has 1 unspecified atom stereocenters. The Morgan fingerprint density at radius 3 is 2.54 bits per heavy atom. The van der Waals surface area contributed by atoms with Gasteiger partial charge in [-0.1, -0.05) is 22.9 Å². The maximum absolute atomic E-state index is 12.6. The number of fused-ring (bicyclic) bond motifs is 1. The summed E-state index contributed by atoms with van der Waals surface area (Å²) < 4.78 is 24.4. The molecular weight excluding hydrogens is 634 g/mol. The van der Waals surface area contributed by atoms with Crippen molar-refractivity contribution in [3.05, 3.63) is 94.9 Å². The van der Waals surface area contributed by atoms with Crippen molar-refractivity contribution >= 4 is 39.8 Å². The van der Waals surface area contributed by atoms with Crippen molar-refractivity contribution in [2.45, 2.75) is 39.0 Å². The predicted molar refractivity (Wildman–Crippen MR) is 183 cm³/mol. The molecule has 13 heteroatoms. The van der Waals surface area contributed by atoms with Gasteiger partial charge in [0.05, 0.1) is 44.8 Å². The molecule has 0 saturated carbocycles. The van der Waals surface area contributed by atoms with E-state index in [0.717, 1.165) is 46.4 Å². The predicted octanol–water partition coefficient (Wildman–Crippen LogP) is 6.28. The third-order valence-corrected chi connectivity index (χ3v) is 8.30. The van der Waals surface area contributed by atoms with Crippen LogP contribution < -0.4 is 24.3 Å². The summed E-state index contributed by atoms with van der Waals surface area (Å²) in [6, 6.07) is 18.6. The highest BCUT2D eigenvalue weighted by Gasteiger charge is 2.32. The molecule has 48 heavy (non-hydrogen) atoms. The van der Waals surface area contributed by atoms with Gasteiger partial charge in [0, 0.05) is 54.3 Å². The van der Waals surface area contributed by atoms with Gasteiger partial charge in [0.25, 0.3) is 0 Å². The summed E-state index contributed by atoms with van der Waals surface area (Å²) in [4.78, 5) is 17.0. The highest BCUT2D eigenvalue weighted by Crippen LogP contribution is 2.38. The molecule has 2 aromatic heterocycles. The summed E-state index contributed by atoms with van der Waals surface area (Å²) >= 11 is 6.11. The zero-order valence-corrected chi connectivity index (χ0v) is 27.9. The number of aromatic nitrogens is 4. The van der Waals surface area contributed by atoms with Crippen molar-refractivity contribution in [1.82, 2.24) is 25.0 Å². The SMILES string of the molecule is COc1ccc(C2CC(c3ccc(OCc4cn(CCCNc5ccnc6cc(Cl)ccc56)nn4)c(OC)c3)=NN2C(C)=O)cc1OC. The van der Waals surface area contributed by atoms with E-state index in [9.17, 15) is 4.79 Å². The van der Waals surface area contributed by atoms with Gasteiger partial charge in [-0.2, -0.15) is 5.10 Å². The van der Waals surface area contributed by atoms with Gasteiger partial charge in [-0.3, -0.25) is 14.5 Å². The normalized spacial score (nSPS) is 14.1. The molecule has 1 aliphatic rings. The third kappa shape index (κ3) is 7.13. The summed E-state index contributed by atoms with van der Waals surface area (Å²) in [7, 11) is 4.76. The minimum absolute atomic E-state index is 0.158. The Morgan fingerprint density at radius 1 is 0.958 bits per heavy atom. The fraction of sp³-hybridized carbons (Fsp3) is 0.286. The molecular formula is C35H36ClN7O5. The number of pyridine rings is 1. The lowest BCUT2D eigenvalue weighted by molar-refractivity contribution is -0.130. The quantitative estimate of drug-likeness (QED) is 0.144. The molecule has 0 fully saturated rings. The minimum Gasteiger partial charge on any atom is -0.493 e. The maximum atomic E-state index is 12.6. The van der Waals surface area contributed by atoms with Gasteiger partial charge in [-0.25, -0.2) is 5.01 Å². The standard InChI is InChI=1S/C35H36ClN7O5/c1-22(44)43-31(24-7-10-32(45-2)34(17-24)46-3)19-29(40-43)23-6-11-33(35(16-23)47-4)48-21-26-20-42(41-39-26)15-5-13-37-28-12-14-38-30-18-25(36)8-9-27(28)30/h6-12,14,16-18,20,31H,5,13,15,19,21H2,1-4H3,(H,37,38). The number of anilines is 1. The first-order valence-electron chi connectivity index (χ1n) is 15.4. The number of carbonyl (C=O) groups is 1. The van der Waals surface area contributed by atoms with Gasteiger partial charge in [0.15, 0.2) is 23.0 Å². The van der Waals surface area contributed by atoms with E-state index in [1.807, 2.05) is 66.9 Å². The number of nitrogens with zero attached hydrogens (tertiary/aromatic N) is 6. The maximum Gasteiger partial charge on any atom is 0.240 e. The average Bonchev–Trinajstić information content (AvgIpc) is 3.76. The Hall–Kier alpha value is -5.36. The lowest BCUT2D eigenvalue weighted by Crippen LogP contribution is -2.24. The largest absolute Gasteiger partial charge is 0.493 e. The summed E-state index contributed by atoms with van der Waals surface area (Å²) in [6.45, 7) is 3.17. The van der Waals surface area contributed by atoms with Gasteiger partial charge in [-0.15, -0.1) is 5.10 Å². The lowest BCUT2D eigenvalue weighted by Gasteiger charge is -2.21. The third-order valence-electron chi connectivity index (χ3n) is 8.07. The van der Waals surface area contributed by atoms with Crippen molar-refractivity contribution in [2.75, 3.05) is 33.2 Å². The van der Waals surface area contributed by atoms with Crippen LogP contribution in [0.2, 0.25) is 5.02 Å². The van der Waals surface area contributed by atoms with Crippen LogP contribution in [-0.4, -0.2) is 64.5 Å². The molecule has 3 aromatic carbocycles. The monoisotopic (exact) mass is 669 g/mol. The number of methoxy groups -OCH3 is 3. The smallest absolute Gasteiger partial charge is 0.240 e. The summed E-state index contributed by atoms with van der Waals surface area (Å²) in [6.07, 6.45) is 5.01. The van der Waals surface area contributed by atoms with E-state index in [2.05, 4.69) is 25.7 Å². The van der Waals surface area contributed by atoms with Gasteiger partial charge < -0.3 is 24.3 Å². The van der Waals surface area contributed by atoms with Gasteiger partial charge in [0.1, 0.15) is 12.3 Å².